The number of anilines is 1. The molecule has 0 fully saturated rings. The number of nitro benzene ring substituents is 1. The second kappa shape index (κ2) is 9.15. The summed E-state index contributed by atoms with van der Waals surface area (Å²) >= 11 is 0. The number of ether oxygens (including phenoxy) is 1. The molecule has 1 heterocycles. The van der Waals surface area contributed by atoms with Gasteiger partial charge in [0.1, 0.15) is 17.9 Å². The van der Waals surface area contributed by atoms with E-state index < -0.39 is 33.0 Å². The zero-order chi connectivity index (χ0) is 23.5. The lowest BCUT2D eigenvalue weighted by Crippen LogP contribution is -2.47. The Balaban J connectivity index is 1.87. The summed E-state index contributed by atoms with van der Waals surface area (Å²) in [5.41, 5.74) is 0.203. The molecule has 0 saturated carbocycles. The van der Waals surface area contributed by atoms with Gasteiger partial charge >= 0.3 is 0 Å². The minimum Gasteiger partial charge on any atom is -0.487 e. The van der Waals surface area contributed by atoms with Crippen molar-refractivity contribution in [3.05, 3.63) is 64.2 Å². The van der Waals surface area contributed by atoms with Crippen LogP contribution in [0.4, 0.5) is 11.4 Å². The molecule has 1 N–H and O–H groups in total. The third-order valence-corrected chi connectivity index (χ3v) is 6.98. The van der Waals surface area contributed by atoms with E-state index in [4.69, 9.17) is 4.74 Å². The average molecular weight is 462 g/mol. The fourth-order valence-corrected chi connectivity index (χ4v) is 4.81. The molecular formula is C22H27N3O6S. The molecule has 1 aliphatic heterocycles. The zero-order valence-electron chi connectivity index (χ0n) is 18.3. The summed E-state index contributed by atoms with van der Waals surface area (Å²) in [4.78, 5) is 23.4. The number of nitro groups is 1. The van der Waals surface area contributed by atoms with E-state index in [1.807, 2.05) is 38.1 Å². The number of carbonyl (C=O) groups excluding carboxylic acids is 1. The molecule has 172 valence electrons. The average Bonchev–Trinajstić information content (AvgIpc) is 2.76. The first-order valence-electron chi connectivity index (χ1n) is 10.4. The van der Waals surface area contributed by atoms with Gasteiger partial charge in [0.15, 0.2) is 0 Å². The highest BCUT2D eigenvalue weighted by Crippen LogP contribution is 2.42. The summed E-state index contributed by atoms with van der Waals surface area (Å²) in [6.45, 7) is 3.57. The Morgan fingerprint density at radius 2 is 1.91 bits per heavy atom. The van der Waals surface area contributed by atoms with Gasteiger partial charge < -0.3 is 10.1 Å². The van der Waals surface area contributed by atoms with Gasteiger partial charge in [0.05, 0.1) is 22.9 Å². The van der Waals surface area contributed by atoms with Crippen molar-refractivity contribution < 1.29 is 22.9 Å². The second-order valence-electron chi connectivity index (χ2n) is 7.90. The fraction of sp³-hybridized carbons (Fsp3) is 0.409. The lowest BCUT2D eigenvalue weighted by Gasteiger charge is -2.41. The number of rotatable bonds is 8. The van der Waals surface area contributed by atoms with Crippen molar-refractivity contribution in [2.45, 2.75) is 44.8 Å². The molecular weight excluding hydrogens is 434 g/mol. The summed E-state index contributed by atoms with van der Waals surface area (Å²) in [5, 5.41) is 14.0. The van der Waals surface area contributed by atoms with Gasteiger partial charge in [-0.2, -0.15) is 0 Å². The number of fused-ring (bicyclic) bond motifs is 1. The Morgan fingerprint density at radius 1 is 1.22 bits per heavy atom. The molecule has 0 aliphatic carbocycles. The topological polar surface area (TPSA) is 119 Å². The summed E-state index contributed by atoms with van der Waals surface area (Å²) in [5.74, 6) is 0.191. The third-order valence-electron chi connectivity index (χ3n) is 5.84. The number of benzene rings is 2. The zero-order valence-corrected chi connectivity index (χ0v) is 19.1. The van der Waals surface area contributed by atoms with Crippen LogP contribution in [0, 0.1) is 10.1 Å². The van der Waals surface area contributed by atoms with Crippen LogP contribution in [0.3, 0.4) is 0 Å². The van der Waals surface area contributed by atoms with Crippen molar-refractivity contribution >= 4 is 27.3 Å². The largest absolute Gasteiger partial charge is 0.487 e. The standard InChI is InChI=1S/C22H27N3O6S/c1-4-22(5-2)14-19(18-11-6-7-12-20(18)31-22)23-21(26)15-24(32(3,29)30)16-9-8-10-17(13-16)25(27)28/h6-13,19H,4-5,14-15H2,1-3H3,(H,23,26)/t19-/m0/s1. The second-order valence-corrected chi connectivity index (χ2v) is 9.81. The van der Waals surface area contributed by atoms with Crippen LogP contribution in [0.5, 0.6) is 5.75 Å². The van der Waals surface area contributed by atoms with Gasteiger partial charge in [0, 0.05) is 24.1 Å². The molecule has 2 aromatic carbocycles. The number of hydrogen-bond donors (Lipinski definition) is 1. The Labute approximate surface area is 187 Å². The highest BCUT2D eigenvalue weighted by atomic mass is 32.2. The highest BCUT2D eigenvalue weighted by molar-refractivity contribution is 7.92. The van der Waals surface area contributed by atoms with Crippen molar-refractivity contribution in [1.82, 2.24) is 5.32 Å². The fourth-order valence-electron chi connectivity index (χ4n) is 3.96. The van der Waals surface area contributed by atoms with Gasteiger partial charge in [-0.05, 0) is 25.0 Å². The van der Waals surface area contributed by atoms with Crippen molar-refractivity contribution in [3.63, 3.8) is 0 Å². The van der Waals surface area contributed by atoms with Crippen LogP contribution in [0.2, 0.25) is 0 Å². The van der Waals surface area contributed by atoms with E-state index in [2.05, 4.69) is 5.32 Å². The highest BCUT2D eigenvalue weighted by Gasteiger charge is 2.39. The molecule has 1 amide bonds. The van der Waals surface area contributed by atoms with Crippen LogP contribution in [0.15, 0.2) is 48.5 Å². The third kappa shape index (κ3) is 5.01. The van der Waals surface area contributed by atoms with Gasteiger partial charge in [-0.1, -0.05) is 38.1 Å². The molecule has 10 heteroatoms. The van der Waals surface area contributed by atoms with E-state index in [0.29, 0.717) is 12.2 Å². The van der Waals surface area contributed by atoms with E-state index in [0.717, 1.165) is 35.0 Å². The van der Waals surface area contributed by atoms with E-state index in [-0.39, 0.29) is 17.4 Å². The number of carbonyl (C=O) groups is 1. The van der Waals surface area contributed by atoms with E-state index in [9.17, 15) is 23.3 Å². The normalized spacial score (nSPS) is 17.0. The number of nitrogens with one attached hydrogen (secondary N) is 1. The quantitative estimate of drug-likeness (QED) is 0.474. The molecule has 0 saturated heterocycles. The van der Waals surface area contributed by atoms with Crippen molar-refractivity contribution in [2.24, 2.45) is 0 Å². The first kappa shape index (κ1) is 23.5. The molecule has 32 heavy (non-hydrogen) atoms. The first-order valence-corrected chi connectivity index (χ1v) is 12.2. The van der Waals surface area contributed by atoms with E-state index in [1.165, 1.54) is 18.2 Å². The molecule has 3 rings (SSSR count). The lowest BCUT2D eigenvalue weighted by molar-refractivity contribution is -0.384. The molecule has 0 spiro atoms. The van der Waals surface area contributed by atoms with Gasteiger partial charge in [-0.3, -0.25) is 19.2 Å². The molecule has 0 unspecified atom stereocenters. The number of hydrogen-bond acceptors (Lipinski definition) is 6. The van der Waals surface area contributed by atoms with E-state index in [1.54, 1.807) is 0 Å². The molecule has 9 nitrogen and oxygen atoms in total. The molecule has 2 aromatic rings. The molecule has 0 radical (unpaired) electrons. The SMILES string of the molecule is CCC1(CC)C[C@H](NC(=O)CN(c2cccc([N+](=O)[O-])c2)S(C)(=O)=O)c2ccccc2O1. The smallest absolute Gasteiger partial charge is 0.271 e. The van der Waals surface area contributed by atoms with Crippen molar-refractivity contribution in [3.8, 4) is 5.75 Å². The van der Waals surface area contributed by atoms with Gasteiger partial charge in [-0.25, -0.2) is 8.42 Å². The Kier molecular flexibility index (Phi) is 6.73. The predicted molar refractivity (Wildman–Crippen MR) is 121 cm³/mol. The number of amides is 1. The maximum absolute atomic E-state index is 13.0. The van der Waals surface area contributed by atoms with Crippen molar-refractivity contribution in [1.29, 1.82) is 0 Å². The maximum Gasteiger partial charge on any atom is 0.271 e. The predicted octanol–water partition coefficient (Wildman–Crippen LogP) is 3.56. The number of non-ortho nitro benzene ring substituents is 1. The minimum absolute atomic E-state index is 0.0562. The summed E-state index contributed by atoms with van der Waals surface area (Å²) < 4.78 is 31.9. The van der Waals surface area contributed by atoms with Crippen LogP contribution in [-0.2, 0) is 14.8 Å². The van der Waals surface area contributed by atoms with Gasteiger partial charge in [-0.15, -0.1) is 0 Å². The van der Waals surface area contributed by atoms with Crippen LogP contribution >= 0.6 is 0 Å². The summed E-state index contributed by atoms with van der Waals surface area (Å²) in [7, 11) is -3.86. The maximum atomic E-state index is 13.0. The van der Waals surface area contributed by atoms with E-state index >= 15 is 0 Å². The molecule has 1 atom stereocenters. The van der Waals surface area contributed by atoms with Crippen molar-refractivity contribution in [2.75, 3.05) is 17.1 Å². The molecule has 1 aliphatic rings. The van der Waals surface area contributed by atoms with Crippen LogP contribution in [0.25, 0.3) is 0 Å². The Morgan fingerprint density at radius 3 is 2.53 bits per heavy atom. The summed E-state index contributed by atoms with van der Waals surface area (Å²) in [6, 6.07) is 12.3. The lowest BCUT2D eigenvalue weighted by atomic mass is 9.83. The Bertz CT molecular complexity index is 1110. The van der Waals surface area contributed by atoms with Crippen LogP contribution in [0.1, 0.15) is 44.7 Å². The summed E-state index contributed by atoms with van der Waals surface area (Å²) in [6.07, 6.45) is 3.03. The molecule has 0 bridgehead atoms. The number of sulfonamides is 1. The number of para-hydroxylation sites is 1. The minimum atomic E-state index is -3.86. The van der Waals surface area contributed by atoms with Crippen LogP contribution < -0.4 is 14.4 Å². The number of nitrogens with zero attached hydrogens (tertiary/aromatic N) is 2. The monoisotopic (exact) mass is 461 g/mol. The van der Waals surface area contributed by atoms with Gasteiger partial charge in [0.2, 0.25) is 15.9 Å². The Hall–Kier alpha value is -3.14. The molecule has 0 aromatic heterocycles. The first-order chi connectivity index (χ1) is 15.1. The van der Waals surface area contributed by atoms with Crippen LogP contribution in [-0.4, -0.2) is 37.6 Å². The van der Waals surface area contributed by atoms with Gasteiger partial charge in [0.25, 0.3) is 5.69 Å².